The molecule has 0 radical (unpaired) electrons. The van der Waals surface area contributed by atoms with E-state index in [9.17, 15) is 14.4 Å². The Hall–Kier alpha value is -3.06. The summed E-state index contributed by atoms with van der Waals surface area (Å²) in [5.74, 6) is -0.741. The van der Waals surface area contributed by atoms with E-state index >= 15 is 0 Å². The van der Waals surface area contributed by atoms with Crippen LogP contribution in [-0.4, -0.2) is 28.8 Å². The fraction of sp³-hybridized carbons (Fsp3) is 0.273. The zero-order valence-corrected chi connectivity index (χ0v) is 17.4. The summed E-state index contributed by atoms with van der Waals surface area (Å²) in [7, 11) is 0. The van der Waals surface area contributed by atoms with E-state index < -0.39 is 5.91 Å². The van der Waals surface area contributed by atoms with Gasteiger partial charge >= 0.3 is 5.97 Å². The van der Waals surface area contributed by atoms with Crippen LogP contribution in [0.2, 0.25) is 0 Å². The van der Waals surface area contributed by atoms with E-state index in [2.05, 4.69) is 4.99 Å². The molecule has 0 aliphatic rings. The quantitative estimate of drug-likeness (QED) is 0.456. The Bertz CT molecular complexity index is 1140. The number of aromatic nitrogens is 1. The maximum Gasteiger partial charge on any atom is 0.307 e. The van der Waals surface area contributed by atoms with Gasteiger partial charge in [-0.1, -0.05) is 29.5 Å². The number of ether oxygens (including phenoxy) is 1. The van der Waals surface area contributed by atoms with Gasteiger partial charge in [0, 0.05) is 17.7 Å². The molecule has 6 nitrogen and oxygen atoms in total. The van der Waals surface area contributed by atoms with Crippen LogP contribution in [0.5, 0.6) is 0 Å². The van der Waals surface area contributed by atoms with Gasteiger partial charge < -0.3 is 9.30 Å². The lowest BCUT2D eigenvalue weighted by atomic mass is 10.1. The summed E-state index contributed by atoms with van der Waals surface area (Å²) in [6, 6.07) is 12.4. The standard InChI is InChI=1S/C22H22N2O4S/c1-4-28-20(26)11-12-24-18-10-5-14(2)13-19(18)29-22(24)23-21(27)17-8-6-16(7-9-17)15(3)25/h5-10,13H,4,11-12H2,1-3H3. The molecule has 2 aromatic carbocycles. The van der Waals surface area contributed by atoms with Crippen molar-refractivity contribution in [2.45, 2.75) is 33.7 Å². The molecule has 150 valence electrons. The average Bonchev–Trinajstić information content (AvgIpc) is 3.02. The van der Waals surface area contributed by atoms with Gasteiger partial charge in [-0.25, -0.2) is 0 Å². The van der Waals surface area contributed by atoms with E-state index in [1.54, 1.807) is 31.2 Å². The summed E-state index contributed by atoms with van der Waals surface area (Å²) in [4.78, 5) is 40.7. The molecule has 3 rings (SSSR count). The first-order chi connectivity index (χ1) is 13.9. The number of ketones is 1. The number of thiazole rings is 1. The van der Waals surface area contributed by atoms with Crippen LogP contribution >= 0.6 is 11.3 Å². The van der Waals surface area contributed by atoms with Crippen molar-refractivity contribution < 1.29 is 19.1 Å². The number of fused-ring (bicyclic) bond motifs is 1. The third kappa shape index (κ3) is 4.86. The summed E-state index contributed by atoms with van der Waals surface area (Å²) < 4.78 is 7.88. The number of esters is 1. The number of hydrogen-bond acceptors (Lipinski definition) is 5. The van der Waals surface area contributed by atoms with Crippen LogP contribution in [-0.2, 0) is 16.1 Å². The largest absolute Gasteiger partial charge is 0.466 e. The Kier molecular flexibility index (Phi) is 6.39. The summed E-state index contributed by atoms with van der Waals surface area (Å²) in [6.07, 6.45) is 0.197. The van der Waals surface area contributed by atoms with Crippen LogP contribution in [0.15, 0.2) is 47.5 Å². The second kappa shape index (κ2) is 8.96. The van der Waals surface area contributed by atoms with Crippen molar-refractivity contribution in [2.75, 3.05) is 6.61 Å². The van der Waals surface area contributed by atoms with Crippen molar-refractivity contribution in [3.63, 3.8) is 0 Å². The van der Waals surface area contributed by atoms with Crippen molar-refractivity contribution >= 4 is 39.2 Å². The number of carbonyl (C=O) groups is 3. The molecule has 0 fully saturated rings. The monoisotopic (exact) mass is 410 g/mol. The van der Waals surface area contributed by atoms with Crippen molar-refractivity contribution in [3.05, 3.63) is 64.0 Å². The summed E-state index contributed by atoms with van der Waals surface area (Å²) in [5, 5.41) is 0. The number of benzene rings is 2. The molecule has 0 atom stereocenters. The molecule has 0 bridgehead atoms. The second-order valence-corrected chi connectivity index (χ2v) is 7.62. The van der Waals surface area contributed by atoms with Gasteiger partial charge in [0.25, 0.3) is 5.91 Å². The minimum Gasteiger partial charge on any atom is -0.466 e. The summed E-state index contributed by atoms with van der Waals surface area (Å²) in [6.45, 7) is 5.95. The highest BCUT2D eigenvalue weighted by Crippen LogP contribution is 2.19. The zero-order valence-electron chi connectivity index (χ0n) is 16.6. The summed E-state index contributed by atoms with van der Waals surface area (Å²) >= 11 is 1.40. The Labute approximate surface area is 172 Å². The maximum absolute atomic E-state index is 12.7. The lowest BCUT2D eigenvalue weighted by molar-refractivity contribution is -0.143. The number of Topliss-reactive ketones (excluding diaryl/α,β-unsaturated/α-hetero) is 1. The molecule has 29 heavy (non-hydrogen) atoms. The van der Waals surface area contributed by atoms with Gasteiger partial charge in [0.2, 0.25) is 0 Å². The third-order valence-electron chi connectivity index (χ3n) is 4.42. The number of amides is 1. The molecule has 1 amide bonds. The number of carbonyl (C=O) groups excluding carboxylic acids is 3. The molecule has 0 unspecified atom stereocenters. The van der Waals surface area contributed by atoms with Crippen LogP contribution in [0.1, 0.15) is 46.5 Å². The molecule has 0 saturated carbocycles. The first-order valence-corrected chi connectivity index (χ1v) is 10.2. The molecule has 7 heteroatoms. The van der Waals surface area contributed by atoms with Gasteiger partial charge in [0.05, 0.1) is 23.2 Å². The molecule has 0 aliphatic carbocycles. The molecule has 0 spiro atoms. The number of rotatable bonds is 6. The van der Waals surface area contributed by atoms with Crippen molar-refractivity contribution in [1.29, 1.82) is 0 Å². The van der Waals surface area contributed by atoms with E-state index in [1.807, 2.05) is 29.7 Å². The van der Waals surface area contributed by atoms with E-state index in [0.717, 1.165) is 15.8 Å². The highest BCUT2D eigenvalue weighted by molar-refractivity contribution is 7.16. The third-order valence-corrected chi connectivity index (χ3v) is 5.46. The van der Waals surface area contributed by atoms with E-state index in [4.69, 9.17) is 4.74 Å². The lowest BCUT2D eigenvalue weighted by Gasteiger charge is -2.05. The van der Waals surface area contributed by atoms with Crippen molar-refractivity contribution in [3.8, 4) is 0 Å². The fourth-order valence-corrected chi connectivity index (χ4v) is 4.07. The lowest BCUT2D eigenvalue weighted by Crippen LogP contribution is -2.19. The predicted octanol–water partition coefficient (Wildman–Crippen LogP) is 3.91. The molecule has 1 heterocycles. The number of aryl methyl sites for hydroxylation is 2. The fourth-order valence-electron chi connectivity index (χ4n) is 2.92. The van der Waals surface area contributed by atoms with Gasteiger partial charge in [-0.3, -0.25) is 14.4 Å². The molecule has 0 saturated heterocycles. The smallest absolute Gasteiger partial charge is 0.307 e. The Morgan fingerprint density at radius 1 is 1.07 bits per heavy atom. The van der Waals surface area contributed by atoms with Crippen LogP contribution < -0.4 is 4.80 Å². The van der Waals surface area contributed by atoms with Crippen LogP contribution in [0.4, 0.5) is 0 Å². The molecule has 1 aromatic heterocycles. The summed E-state index contributed by atoms with van der Waals surface area (Å²) in [5.41, 5.74) is 2.97. The topological polar surface area (TPSA) is 77.7 Å². The van der Waals surface area contributed by atoms with E-state index in [1.165, 1.54) is 18.3 Å². The van der Waals surface area contributed by atoms with E-state index in [-0.39, 0.29) is 18.2 Å². The highest BCUT2D eigenvalue weighted by Gasteiger charge is 2.12. The first-order valence-electron chi connectivity index (χ1n) is 9.34. The number of hydrogen-bond donors (Lipinski definition) is 0. The predicted molar refractivity (Wildman–Crippen MR) is 112 cm³/mol. The van der Waals surface area contributed by atoms with Crippen LogP contribution in [0.25, 0.3) is 10.2 Å². The molecular weight excluding hydrogens is 388 g/mol. The normalized spacial score (nSPS) is 11.6. The maximum atomic E-state index is 12.7. The molecular formula is C22H22N2O4S. The van der Waals surface area contributed by atoms with Gasteiger partial charge in [0.15, 0.2) is 10.6 Å². The van der Waals surface area contributed by atoms with Gasteiger partial charge in [-0.2, -0.15) is 4.99 Å². The van der Waals surface area contributed by atoms with Crippen molar-refractivity contribution in [1.82, 2.24) is 4.57 Å². The van der Waals surface area contributed by atoms with Crippen LogP contribution in [0.3, 0.4) is 0 Å². The van der Waals surface area contributed by atoms with E-state index in [0.29, 0.717) is 29.1 Å². The molecule has 0 aliphatic heterocycles. The van der Waals surface area contributed by atoms with Gasteiger partial charge in [-0.05, 0) is 50.6 Å². The van der Waals surface area contributed by atoms with Gasteiger partial charge in [0.1, 0.15) is 0 Å². The second-order valence-electron chi connectivity index (χ2n) is 6.61. The van der Waals surface area contributed by atoms with Crippen LogP contribution in [0, 0.1) is 6.92 Å². The first kappa shape index (κ1) is 20.7. The average molecular weight is 410 g/mol. The Morgan fingerprint density at radius 3 is 2.41 bits per heavy atom. The molecule has 0 N–H and O–H groups in total. The zero-order chi connectivity index (χ0) is 21.0. The number of nitrogens with zero attached hydrogens (tertiary/aromatic N) is 2. The Balaban J connectivity index is 1.99. The molecule has 3 aromatic rings. The van der Waals surface area contributed by atoms with Crippen molar-refractivity contribution in [2.24, 2.45) is 4.99 Å². The minimum absolute atomic E-state index is 0.0578. The van der Waals surface area contributed by atoms with Gasteiger partial charge in [-0.15, -0.1) is 0 Å². The SMILES string of the molecule is CCOC(=O)CCn1c(=NC(=O)c2ccc(C(C)=O)cc2)sc2cc(C)ccc21. The Morgan fingerprint density at radius 2 is 1.76 bits per heavy atom. The highest BCUT2D eigenvalue weighted by atomic mass is 32.1. The minimum atomic E-state index is -0.395.